The SMILES string of the molecule is Cc1ccc([C@H](C)NC(=O)Cc2ccccc2[N+](=O)[O-])cc1C. The van der Waals surface area contributed by atoms with Crippen LogP contribution in [0.1, 0.15) is 35.2 Å². The van der Waals surface area contributed by atoms with Crippen molar-refractivity contribution in [3.8, 4) is 0 Å². The molecule has 0 saturated heterocycles. The summed E-state index contributed by atoms with van der Waals surface area (Å²) in [5, 5.41) is 13.9. The summed E-state index contributed by atoms with van der Waals surface area (Å²) < 4.78 is 0. The average molecular weight is 312 g/mol. The molecule has 0 aromatic heterocycles. The highest BCUT2D eigenvalue weighted by Crippen LogP contribution is 2.20. The molecular weight excluding hydrogens is 292 g/mol. The Hall–Kier alpha value is -2.69. The maximum Gasteiger partial charge on any atom is 0.273 e. The number of carbonyl (C=O) groups is 1. The first-order valence-electron chi connectivity index (χ1n) is 7.47. The van der Waals surface area contributed by atoms with Crippen LogP contribution in [-0.2, 0) is 11.2 Å². The van der Waals surface area contributed by atoms with Gasteiger partial charge in [-0.25, -0.2) is 0 Å². The van der Waals surface area contributed by atoms with Crippen molar-refractivity contribution in [2.24, 2.45) is 0 Å². The summed E-state index contributed by atoms with van der Waals surface area (Å²) >= 11 is 0. The number of nitrogens with one attached hydrogen (secondary N) is 1. The predicted molar refractivity (Wildman–Crippen MR) is 89.3 cm³/mol. The van der Waals surface area contributed by atoms with Crippen LogP contribution in [0.15, 0.2) is 42.5 Å². The van der Waals surface area contributed by atoms with Crippen LogP contribution in [0, 0.1) is 24.0 Å². The lowest BCUT2D eigenvalue weighted by Gasteiger charge is -2.16. The zero-order chi connectivity index (χ0) is 17.0. The zero-order valence-electron chi connectivity index (χ0n) is 13.5. The normalized spacial score (nSPS) is 11.8. The molecule has 5 nitrogen and oxygen atoms in total. The molecule has 0 spiro atoms. The number of para-hydroxylation sites is 1. The van der Waals surface area contributed by atoms with E-state index in [9.17, 15) is 14.9 Å². The molecule has 120 valence electrons. The summed E-state index contributed by atoms with van der Waals surface area (Å²) in [6.07, 6.45) is -0.00760. The number of nitro groups is 1. The maximum atomic E-state index is 12.2. The lowest BCUT2D eigenvalue weighted by atomic mass is 10.0. The standard InChI is InChI=1S/C18H20N2O3/c1-12-8-9-15(10-13(12)2)14(3)19-18(21)11-16-6-4-5-7-17(16)20(22)23/h4-10,14H,11H2,1-3H3,(H,19,21)/t14-/m0/s1. The molecule has 23 heavy (non-hydrogen) atoms. The molecule has 1 N–H and O–H groups in total. The monoisotopic (exact) mass is 312 g/mol. The lowest BCUT2D eigenvalue weighted by molar-refractivity contribution is -0.385. The van der Waals surface area contributed by atoms with Gasteiger partial charge < -0.3 is 5.32 Å². The van der Waals surface area contributed by atoms with E-state index in [1.54, 1.807) is 18.2 Å². The van der Waals surface area contributed by atoms with Crippen molar-refractivity contribution >= 4 is 11.6 Å². The Kier molecular flexibility index (Phi) is 5.11. The van der Waals surface area contributed by atoms with Gasteiger partial charge in [-0.2, -0.15) is 0 Å². The fourth-order valence-electron chi connectivity index (χ4n) is 2.42. The summed E-state index contributed by atoms with van der Waals surface area (Å²) in [6.45, 7) is 5.97. The number of benzene rings is 2. The molecule has 0 unspecified atom stereocenters. The van der Waals surface area contributed by atoms with E-state index in [4.69, 9.17) is 0 Å². The van der Waals surface area contributed by atoms with E-state index in [1.807, 2.05) is 39.0 Å². The zero-order valence-corrected chi connectivity index (χ0v) is 13.5. The molecule has 0 bridgehead atoms. The summed E-state index contributed by atoms with van der Waals surface area (Å²) in [5.41, 5.74) is 3.78. The van der Waals surface area contributed by atoms with Crippen LogP contribution in [-0.4, -0.2) is 10.8 Å². The second-order valence-corrected chi connectivity index (χ2v) is 5.70. The van der Waals surface area contributed by atoms with Crippen LogP contribution in [0.3, 0.4) is 0 Å². The molecule has 2 rings (SSSR count). The molecule has 0 aliphatic carbocycles. The Morgan fingerprint density at radius 3 is 2.52 bits per heavy atom. The molecular formula is C18H20N2O3. The largest absolute Gasteiger partial charge is 0.349 e. The van der Waals surface area contributed by atoms with Crippen molar-refractivity contribution in [2.45, 2.75) is 33.2 Å². The third-order valence-electron chi connectivity index (χ3n) is 3.95. The predicted octanol–water partition coefficient (Wildman–Crippen LogP) is 3.63. The molecule has 0 radical (unpaired) electrons. The minimum Gasteiger partial charge on any atom is -0.349 e. The molecule has 2 aromatic carbocycles. The fraction of sp³-hybridized carbons (Fsp3) is 0.278. The molecule has 1 atom stereocenters. The third-order valence-corrected chi connectivity index (χ3v) is 3.95. The van der Waals surface area contributed by atoms with Gasteiger partial charge >= 0.3 is 0 Å². The molecule has 0 heterocycles. The van der Waals surface area contributed by atoms with Crippen molar-refractivity contribution in [3.05, 3.63) is 74.8 Å². The molecule has 0 aliphatic heterocycles. The molecule has 5 heteroatoms. The molecule has 0 fully saturated rings. The van der Waals surface area contributed by atoms with Crippen LogP contribution in [0.2, 0.25) is 0 Å². The van der Waals surface area contributed by atoms with Gasteiger partial charge in [0.25, 0.3) is 5.69 Å². The summed E-state index contributed by atoms with van der Waals surface area (Å²) in [5.74, 6) is -0.231. The third kappa shape index (κ3) is 4.16. The van der Waals surface area contributed by atoms with E-state index in [0.29, 0.717) is 5.56 Å². The Bertz CT molecular complexity index is 741. The van der Waals surface area contributed by atoms with Gasteiger partial charge in [0, 0.05) is 11.6 Å². The minimum absolute atomic E-state index is 0.00760. The van der Waals surface area contributed by atoms with E-state index in [0.717, 1.165) is 5.56 Å². The van der Waals surface area contributed by atoms with Crippen LogP contribution >= 0.6 is 0 Å². The van der Waals surface area contributed by atoms with Gasteiger partial charge in [-0.3, -0.25) is 14.9 Å². The van der Waals surface area contributed by atoms with Gasteiger partial charge in [-0.15, -0.1) is 0 Å². The smallest absolute Gasteiger partial charge is 0.273 e. The Morgan fingerprint density at radius 2 is 1.87 bits per heavy atom. The van der Waals surface area contributed by atoms with Crippen molar-refractivity contribution in [1.82, 2.24) is 5.32 Å². The average Bonchev–Trinajstić information content (AvgIpc) is 2.50. The van der Waals surface area contributed by atoms with Gasteiger partial charge in [-0.1, -0.05) is 36.4 Å². The van der Waals surface area contributed by atoms with Gasteiger partial charge in [0.2, 0.25) is 5.91 Å². The van der Waals surface area contributed by atoms with Crippen molar-refractivity contribution in [2.75, 3.05) is 0 Å². The molecule has 0 saturated carbocycles. The number of hydrogen-bond acceptors (Lipinski definition) is 3. The van der Waals surface area contributed by atoms with Crippen LogP contribution in [0.25, 0.3) is 0 Å². The first kappa shape index (κ1) is 16.7. The highest BCUT2D eigenvalue weighted by atomic mass is 16.6. The Morgan fingerprint density at radius 1 is 1.17 bits per heavy atom. The Balaban J connectivity index is 2.07. The second-order valence-electron chi connectivity index (χ2n) is 5.70. The molecule has 1 amide bonds. The van der Waals surface area contributed by atoms with E-state index in [1.165, 1.54) is 17.2 Å². The first-order valence-corrected chi connectivity index (χ1v) is 7.47. The van der Waals surface area contributed by atoms with Crippen LogP contribution in [0.5, 0.6) is 0 Å². The Labute approximate surface area is 135 Å². The van der Waals surface area contributed by atoms with Gasteiger partial charge in [0.15, 0.2) is 0 Å². The number of nitrogens with zero attached hydrogens (tertiary/aromatic N) is 1. The van der Waals surface area contributed by atoms with E-state index in [-0.39, 0.29) is 24.1 Å². The maximum absolute atomic E-state index is 12.2. The number of aryl methyl sites for hydroxylation is 2. The first-order chi connectivity index (χ1) is 10.9. The highest BCUT2D eigenvalue weighted by Gasteiger charge is 2.17. The topological polar surface area (TPSA) is 72.2 Å². The van der Waals surface area contributed by atoms with Crippen LogP contribution in [0.4, 0.5) is 5.69 Å². The number of hydrogen-bond donors (Lipinski definition) is 1. The number of carbonyl (C=O) groups excluding carboxylic acids is 1. The molecule has 2 aromatic rings. The summed E-state index contributed by atoms with van der Waals surface area (Å²) in [6, 6.07) is 12.2. The van der Waals surface area contributed by atoms with Crippen molar-refractivity contribution < 1.29 is 9.72 Å². The summed E-state index contributed by atoms with van der Waals surface area (Å²) in [4.78, 5) is 22.7. The van der Waals surface area contributed by atoms with E-state index >= 15 is 0 Å². The van der Waals surface area contributed by atoms with E-state index < -0.39 is 4.92 Å². The minimum atomic E-state index is -0.463. The van der Waals surface area contributed by atoms with Crippen LogP contribution < -0.4 is 5.32 Å². The van der Waals surface area contributed by atoms with Gasteiger partial charge in [0.05, 0.1) is 17.4 Å². The quantitative estimate of drug-likeness (QED) is 0.677. The van der Waals surface area contributed by atoms with E-state index in [2.05, 4.69) is 5.32 Å². The number of nitro benzene ring substituents is 1. The van der Waals surface area contributed by atoms with Gasteiger partial charge in [-0.05, 0) is 37.5 Å². The van der Waals surface area contributed by atoms with Gasteiger partial charge in [0.1, 0.15) is 0 Å². The second kappa shape index (κ2) is 7.05. The number of amides is 1. The number of rotatable bonds is 5. The highest BCUT2D eigenvalue weighted by molar-refractivity contribution is 5.80. The molecule has 0 aliphatic rings. The lowest BCUT2D eigenvalue weighted by Crippen LogP contribution is -2.28. The van der Waals surface area contributed by atoms with Crippen molar-refractivity contribution in [3.63, 3.8) is 0 Å². The van der Waals surface area contributed by atoms with Crippen molar-refractivity contribution in [1.29, 1.82) is 0 Å². The summed E-state index contributed by atoms with van der Waals surface area (Å²) in [7, 11) is 0. The fourth-order valence-corrected chi connectivity index (χ4v) is 2.42.